The Kier molecular flexibility index (Phi) is 4.85. The molecule has 0 bridgehead atoms. The van der Waals surface area contributed by atoms with Gasteiger partial charge in [-0.25, -0.2) is 4.98 Å². The lowest BCUT2D eigenvalue weighted by atomic mass is 9.93. The molecule has 3 heterocycles. The third-order valence-electron chi connectivity index (χ3n) is 5.81. The second-order valence-electron chi connectivity index (χ2n) is 7.89. The van der Waals surface area contributed by atoms with Crippen molar-refractivity contribution >= 4 is 16.9 Å². The number of aromatic nitrogens is 6. The molecule has 4 aromatic rings. The number of amides is 1. The molecule has 1 atom stereocenters. The predicted molar refractivity (Wildman–Crippen MR) is 114 cm³/mol. The molecule has 0 radical (unpaired) electrons. The van der Waals surface area contributed by atoms with Crippen molar-refractivity contribution in [1.29, 1.82) is 0 Å². The molecule has 0 spiro atoms. The SMILES string of the molecule is Cn1ncc2c(=O)n(CC(=O)NC3CCCc4c3cnn4Cc3ccccc3)cnc21. The van der Waals surface area contributed by atoms with Gasteiger partial charge in [-0.2, -0.15) is 10.2 Å². The zero-order chi connectivity index (χ0) is 21.4. The third kappa shape index (κ3) is 3.63. The average Bonchev–Trinajstić information content (AvgIpc) is 3.36. The molecule has 1 aliphatic carbocycles. The summed E-state index contributed by atoms with van der Waals surface area (Å²) < 4.78 is 4.88. The van der Waals surface area contributed by atoms with E-state index in [4.69, 9.17) is 0 Å². The van der Waals surface area contributed by atoms with Crippen LogP contribution in [0.2, 0.25) is 0 Å². The maximum Gasteiger partial charge on any atom is 0.264 e. The largest absolute Gasteiger partial charge is 0.348 e. The van der Waals surface area contributed by atoms with Crippen molar-refractivity contribution in [3.05, 3.63) is 76.2 Å². The van der Waals surface area contributed by atoms with Crippen LogP contribution in [0.25, 0.3) is 11.0 Å². The molecule has 0 fully saturated rings. The number of fused-ring (bicyclic) bond motifs is 2. The smallest absolute Gasteiger partial charge is 0.264 e. The first-order valence-electron chi connectivity index (χ1n) is 10.3. The van der Waals surface area contributed by atoms with E-state index in [9.17, 15) is 9.59 Å². The molecule has 9 nitrogen and oxygen atoms in total. The van der Waals surface area contributed by atoms with Gasteiger partial charge in [0.1, 0.15) is 18.3 Å². The zero-order valence-corrected chi connectivity index (χ0v) is 17.2. The number of carbonyl (C=O) groups excluding carboxylic acids is 1. The summed E-state index contributed by atoms with van der Waals surface area (Å²) >= 11 is 0. The lowest BCUT2D eigenvalue weighted by Crippen LogP contribution is -2.36. The Morgan fingerprint density at radius 1 is 1.19 bits per heavy atom. The summed E-state index contributed by atoms with van der Waals surface area (Å²) in [6.45, 7) is 0.629. The van der Waals surface area contributed by atoms with Gasteiger partial charge in [0.2, 0.25) is 5.91 Å². The van der Waals surface area contributed by atoms with Crippen molar-refractivity contribution < 1.29 is 4.79 Å². The lowest BCUT2D eigenvalue weighted by molar-refractivity contribution is -0.122. The number of carbonyl (C=O) groups is 1. The van der Waals surface area contributed by atoms with E-state index in [0.717, 1.165) is 30.5 Å². The van der Waals surface area contributed by atoms with E-state index in [1.165, 1.54) is 27.3 Å². The van der Waals surface area contributed by atoms with Crippen molar-refractivity contribution in [2.45, 2.75) is 38.4 Å². The molecular weight excluding hydrogens is 394 g/mol. The quantitative estimate of drug-likeness (QED) is 0.531. The Bertz CT molecular complexity index is 1300. The summed E-state index contributed by atoms with van der Waals surface area (Å²) in [5.74, 6) is -0.221. The van der Waals surface area contributed by atoms with Crippen LogP contribution in [0.1, 0.15) is 35.7 Å². The van der Waals surface area contributed by atoms with Crippen molar-refractivity contribution in [3.8, 4) is 0 Å². The molecule has 5 rings (SSSR count). The normalized spacial score (nSPS) is 15.7. The summed E-state index contributed by atoms with van der Waals surface area (Å²) in [5.41, 5.74) is 3.65. The van der Waals surface area contributed by atoms with Crippen LogP contribution in [-0.4, -0.2) is 35.0 Å². The number of benzene rings is 1. The standard InChI is InChI=1S/C22H23N7O2/c1-27-21-17(11-24-27)22(31)28(14-23-21)13-20(30)26-18-8-5-9-19-16(18)10-25-29(19)12-15-6-3-2-4-7-15/h2-4,6-7,10-11,14,18H,5,8-9,12-13H2,1H3,(H,26,30). The number of nitrogens with one attached hydrogen (secondary N) is 1. The fourth-order valence-corrected chi connectivity index (χ4v) is 4.24. The highest BCUT2D eigenvalue weighted by Crippen LogP contribution is 2.30. The molecule has 31 heavy (non-hydrogen) atoms. The summed E-state index contributed by atoms with van der Waals surface area (Å²) in [5, 5.41) is 12.1. The molecular formula is C22H23N7O2. The van der Waals surface area contributed by atoms with Gasteiger partial charge in [0.25, 0.3) is 5.56 Å². The van der Waals surface area contributed by atoms with Crippen LogP contribution in [-0.2, 0) is 31.4 Å². The Hall–Kier alpha value is -3.75. The van der Waals surface area contributed by atoms with Crippen molar-refractivity contribution in [3.63, 3.8) is 0 Å². The minimum Gasteiger partial charge on any atom is -0.348 e. The topological polar surface area (TPSA) is 99.6 Å². The molecule has 1 amide bonds. The van der Waals surface area contributed by atoms with Gasteiger partial charge in [-0.05, 0) is 24.8 Å². The van der Waals surface area contributed by atoms with Gasteiger partial charge in [-0.3, -0.25) is 23.5 Å². The van der Waals surface area contributed by atoms with E-state index in [1.54, 1.807) is 7.05 Å². The summed E-state index contributed by atoms with van der Waals surface area (Å²) in [4.78, 5) is 29.6. The van der Waals surface area contributed by atoms with Gasteiger partial charge >= 0.3 is 0 Å². The highest BCUT2D eigenvalue weighted by Gasteiger charge is 2.26. The van der Waals surface area contributed by atoms with E-state index in [-0.39, 0.29) is 24.1 Å². The van der Waals surface area contributed by atoms with Crippen LogP contribution in [0.15, 0.2) is 53.8 Å². The summed E-state index contributed by atoms with van der Waals surface area (Å²) in [7, 11) is 1.73. The van der Waals surface area contributed by atoms with E-state index >= 15 is 0 Å². The van der Waals surface area contributed by atoms with Crippen LogP contribution >= 0.6 is 0 Å². The molecule has 1 aromatic carbocycles. The molecule has 9 heteroatoms. The number of nitrogens with zero attached hydrogens (tertiary/aromatic N) is 6. The minimum atomic E-state index is -0.270. The van der Waals surface area contributed by atoms with E-state index < -0.39 is 0 Å². The van der Waals surface area contributed by atoms with Gasteiger partial charge in [0.15, 0.2) is 5.65 Å². The number of rotatable bonds is 5. The zero-order valence-electron chi connectivity index (χ0n) is 17.2. The molecule has 3 aromatic heterocycles. The van der Waals surface area contributed by atoms with Gasteiger partial charge in [0.05, 0.1) is 25.0 Å². The van der Waals surface area contributed by atoms with Crippen LogP contribution < -0.4 is 10.9 Å². The molecule has 0 saturated carbocycles. The van der Waals surface area contributed by atoms with Gasteiger partial charge in [-0.1, -0.05) is 30.3 Å². The van der Waals surface area contributed by atoms with Gasteiger partial charge in [-0.15, -0.1) is 0 Å². The van der Waals surface area contributed by atoms with E-state index in [1.807, 2.05) is 29.1 Å². The molecule has 1 unspecified atom stereocenters. The first kappa shape index (κ1) is 19.2. The van der Waals surface area contributed by atoms with Crippen molar-refractivity contribution in [2.24, 2.45) is 7.05 Å². The fraction of sp³-hybridized carbons (Fsp3) is 0.318. The Balaban J connectivity index is 1.32. The summed E-state index contributed by atoms with van der Waals surface area (Å²) in [6.07, 6.45) is 7.50. The van der Waals surface area contributed by atoms with Crippen LogP contribution in [0, 0.1) is 0 Å². The first-order chi connectivity index (χ1) is 15.1. The maximum absolute atomic E-state index is 12.7. The number of hydrogen-bond donors (Lipinski definition) is 1. The average molecular weight is 417 g/mol. The molecule has 1 aliphatic rings. The van der Waals surface area contributed by atoms with E-state index in [2.05, 4.69) is 32.6 Å². The second-order valence-corrected chi connectivity index (χ2v) is 7.89. The predicted octanol–water partition coefficient (Wildman–Crippen LogP) is 1.57. The monoisotopic (exact) mass is 417 g/mol. The number of aryl methyl sites for hydroxylation is 1. The van der Waals surface area contributed by atoms with Crippen LogP contribution in [0.5, 0.6) is 0 Å². The highest BCUT2D eigenvalue weighted by molar-refractivity contribution is 5.77. The van der Waals surface area contributed by atoms with Crippen molar-refractivity contribution in [2.75, 3.05) is 0 Å². The Morgan fingerprint density at radius 2 is 2.03 bits per heavy atom. The van der Waals surface area contributed by atoms with Gasteiger partial charge in [0, 0.05) is 18.3 Å². The number of hydrogen-bond acceptors (Lipinski definition) is 5. The van der Waals surface area contributed by atoms with Crippen molar-refractivity contribution in [1.82, 2.24) is 34.4 Å². The van der Waals surface area contributed by atoms with Crippen LogP contribution in [0.4, 0.5) is 0 Å². The third-order valence-corrected chi connectivity index (χ3v) is 5.81. The maximum atomic E-state index is 12.7. The Morgan fingerprint density at radius 3 is 2.87 bits per heavy atom. The first-order valence-corrected chi connectivity index (χ1v) is 10.3. The van der Waals surface area contributed by atoms with Crippen LogP contribution in [0.3, 0.4) is 0 Å². The molecule has 0 aliphatic heterocycles. The second kappa shape index (κ2) is 7.82. The molecule has 1 N–H and O–H groups in total. The molecule has 0 saturated heterocycles. The highest BCUT2D eigenvalue weighted by atomic mass is 16.2. The molecule has 158 valence electrons. The van der Waals surface area contributed by atoms with Gasteiger partial charge < -0.3 is 5.32 Å². The minimum absolute atomic E-state index is 0.0827. The van der Waals surface area contributed by atoms with E-state index in [0.29, 0.717) is 17.6 Å². The summed E-state index contributed by atoms with van der Waals surface area (Å²) in [6, 6.07) is 10.1. The lowest BCUT2D eigenvalue weighted by Gasteiger charge is -2.24. The fourth-order valence-electron chi connectivity index (χ4n) is 4.24. The Labute approximate surface area is 178 Å².